The van der Waals surface area contributed by atoms with E-state index in [4.69, 9.17) is 19.9 Å². The van der Waals surface area contributed by atoms with Crippen LogP contribution in [0.1, 0.15) is 20.3 Å². The first-order valence-electron chi connectivity index (χ1n) is 7.63. The van der Waals surface area contributed by atoms with E-state index in [0.717, 1.165) is 6.42 Å². The molecule has 0 aromatic heterocycles. The first kappa shape index (κ1) is 15.2. The molecule has 1 saturated carbocycles. The second-order valence-corrected chi connectivity index (χ2v) is 7.04. The van der Waals surface area contributed by atoms with Gasteiger partial charge < -0.3 is 24.8 Å². The largest absolute Gasteiger partial charge is 0.377 e. The molecule has 3 aliphatic rings. The number of nitrogens with zero attached hydrogens (tertiary/aromatic N) is 1. The zero-order valence-electron chi connectivity index (χ0n) is 13.3. The summed E-state index contributed by atoms with van der Waals surface area (Å²) in [4.78, 5) is 14.9. The lowest BCUT2D eigenvalue weighted by atomic mass is 9.47. The van der Waals surface area contributed by atoms with Gasteiger partial charge in [0.1, 0.15) is 17.7 Å². The Bertz CT molecular complexity index is 429. The number of hydrogen-bond donors (Lipinski definition) is 1. The van der Waals surface area contributed by atoms with Crippen LogP contribution < -0.4 is 5.73 Å². The third-order valence-corrected chi connectivity index (χ3v) is 5.92. The molecule has 0 aromatic carbocycles. The maximum atomic E-state index is 13.1. The average Bonchev–Trinajstić information content (AvgIpc) is 3.10. The van der Waals surface area contributed by atoms with Gasteiger partial charge in [-0.05, 0) is 6.42 Å². The van der Waals surface area contributed by atoms with Crippen LogP contribution in [-0.4, -0.2) is 68.6 Å². The zero-order valence-corrected chi connectivity index (χ0v) is 13.3. The smallest absolute Gasteiger partial charge is 0.243 e. The second kappa shape index (κ2) is 4.91. The molecule has 6 heteroatoms. The predicted molar refractivity (Wildman–Crippen MR) is 76.7 cm³/mol. The number of hydrogen-bond acceptors (Lipinski definition) is 5. The Morgan fingerprint density at radius 3 is 2.33 bits per heavy atom. The number of methoxy groups -OCH3 is 2. The lowest BCUT2D eigenvalue weighted by Gasteiger charge is -2.61. The van der Waals surface area contributed by atoms with E-state index in [2.05, 4.69) is 0 Å². The molecule has 0 bridgehead atoms. The number of carbonyl (C=O) groups is 1. The van der Waals surface area contributed by atoms with Crippen LogP contribution in [0.4, 0.5) is 0 Å². The average molecular weight is 298 g/mol. The fourth-order valence-corrected chi connectivity index (χ4v) is 4.44. The maximum absolute atomic E-state index is 13.1. The van der Waals surface area contributed by atoms with Gasteiger partial charge in [0.15, 0.2) is 0 Å². The number of nitrogens with two attached hydrogens (primary N) is 1. The molecule has 2 saturated heterocycles. The van der Waals surface area contributed by atoms with Crippen LogP contribution in [0.15, 0.2) is 0 Å². The number of amides is 1. The van der Waals surface area contributed by atoms with Gasteiger partial charge in [-0.15, -0.1) is 0 Å². The summed E-state index contributed by atoms with van der Waals surface area (Å²) in [5.41, 5.74) is 5.44. The quantitative estimate of drug-likeness (QED) is 0.794. The number of carbonyl (C=O) groups excluding carboxylic acids is 1. The molecule has 1 aliphatic carbocycles. The highest BCUT2D eigenvalue weighted by atomic mass is 16.5. The highest BCUT2D eigenvalue weighted by molar-refractivity contribution is 5.90. The minimum absolute atomic E-state index is 0.0147. The Kier molecular flexibility index (Phi) is 3.56. The van der Waals surface area contributed by atoms with E-state index < -0.39 is 5.54 Å². The molecule has 21 heavy (non-hydrogen) atoms. The summed E-state index contributed by atoms with van der Waals surface area (Å²) < 4.78 is 16.6. The molecular formula is C15H26N2O4. The van der Waals surface area contributed by atoms with Crippen molar-refractivity contribution < 1.29 is 19.0 Å². The first-order chi connectivity index (χ1) is 9.87. The van der Waals surface area contributed by atoms with Crippen molar-refractivity contribution in [3.05, 3.63) is 0 Å². The summed E-state index contributed by atoms with van der Waals surface area (Å²) in [6, 6.07) is 0. The van der Waals surface area contributed by atoms with Crippen molar-refractivity contribution in [1.82, 2.24) is 4.90 Å². The van der Waals surface area contributed by atoms with Crippen LogP contribution in [-0.2, 0) is 19.0 Å². The molecule has 120 valence electrons. The van der Waals surface area contributed by atoms with Crippen LogP contribution in [0.2, 0.25) is 0 Å². The lowest BCUT2D eigenvalue weighted by molar-refractivity contribution is -0.183. The van der Waals surface area contributed by atoms with Crippen molar-refractivity contribution in [1.29, 1.82) is 0 Å². The van der Waals surface area contributed by atoms with Gasteiger partial charge in [0, 0.05) is 45.2 Å². The summed E-state index contributed by atoms with van der Waals surface area (Å²) in [5.74, 6) is 0.142. The lowest BCUT2D eigenvalue weighted by Crippen LogP contribution is -2.80. The number of likely N-dealkylation sites (tertiary alicyclic amines) is 1. The second-order valence-electron chi connectivity index (χ2n) is 7.04. The minimum Gasteiger partial charge on any atom is -0.377 e. The van der Waals surface area contributed by atoms with Crippen LogP contribution in [0.5, 0.6) is 0 Å². The SMILES string of the molecule is COC1CN(C(=O)C2(N)C3CCOC3C2(C)C)CC1OC. The highest BCUT2D eigenvalue weighted by Gasteiger charge is 2.72. The molecule has 0 aromatic rings. The van der Waals surface area contributed by atoms with Gasteiger partial charge in [0.25, 0.3) is 0 Å². The van der Waals surface area contributed by atoms with Crippen LogP contribution in [0, 0.1) is 11.3 Å². The summed E-state index contributed by atoms with van der Waals surface area (Å²) in [7, 11) is 3.30. The topological polar surface area (TPSA) is 74.0 Å². The Balaban J connectivity index is 1.79. The van der Waals surface area contributed by atoms with E-state index in [1.807, 2.05) is 13.8 Å². The highest BCUT2D eigenvalue weighted by Crippen LogP contribution is 2.58. The van der Waals surface area contributed by atoms with Crippen molar-refractivity contribution in [3.63, 3.8) is 0 Å². The summed E-state index contributed by atoms with van der Waals surface area (Å²) >= 11 is 0. The molecule has 3 fully saturated rings. The van der Waals surface area contributed by atoms with E-state index >= 15 is 0 Å². The Morgan fingerprint density at radius 1 is 1.24 bits per heavy atom. The van der Waals surface area contributed by atoms with Crippen molar-refractivity contribution in [2.75, 3.05) is 33.9 Å². The molecule has 0 spiro atoms. The maximum Gasteiger partial charge on any atom is 0.243 e. The molecular weight excluding hydrogens is 272 g/mol. The van der Waals surface area contributed by atoms with E-state index in [0.29, 0.717) is 19.7 Å². The molecule has 3 rings (SSSR count). The summed E-state index contributed by atoms with van der Waals surface area (Å²) in [6.45, 7) is 5.86. The van der Waals surface area contributed by atoms with E-state index in [1.165, 1.54) is 0 Å². The molecule has 2 heterocycles. The van der Waals surface area contributed by atoms with Gasteiger partial charge in [-0.3, -0.25) is 4.79 Å². The summed E-state index contributed by atoms with van der Waals surface area (Å²) in [5, 5.41) is 0. The molecule has 5 atom stereocenters. The molecule has 6 nitrogen and oxygen atoms in total. The normalized spacial score (nSPS) is 44.5. The number of fused-ring (bicyclic) bond motifs is 1. The Morgan fingerprint density at radius 2 is 1.81 bits per heavy atom. The standard InChI is InChI=1S/C15H26N2O4/c1-14(2)12-9(5-6-21-12)15(14,16)13(18)17-7-10(19-3)11(8-17)20-4/h9-12H,5-8,16H2,1-4H3. The third kappa shape index (κ3) is 1.82. The van der Waals surface area contributed by atoms with E-state index in [9.17, 15) is 4.79 Å². The van der Waals surface area contributed by atoms with Gasteiger partial charge in [-0.2, -0.15) is 0 Å². The minimum atomic E-state index is -0.838. The van der Waals surface area contributed by atoms with Crippen LogP contribution in [0.3, 0.4) is 0 Å². The molecule has 0 radical (unpaired) electrons. The van der Waals surface area contributed by atoms with Crippen molar-refractivity contribution in [3.8, 4) is 0 Å². The third-order valence-electron chi connectivity index (χ3n) is 5.92. The first-order valence-corrected chi connectivity index (χ1v) is 7.63. The predicted octanol–water partition coefficient (Wildman–Crippen LogP) is 0.00100. The van der Waals surface area contributed by atoms with Gasteiger partial charge >= 0.3 is 0 Å². The number of rotatable bonds is 3. The van der Waals surface area contributed by atoms with Crippen LogP contribution in [0.25, 0.3) is 0 Å². The monoisotopic (exact) mass is 298 g/mol. The van der Waals surface area contributed by atoms with Crippen molar-refractivity contribution in [2.24, 2.45) is 17.1 Å². The van der Waals surface area contributed by atoms with Gasteiger partial charge in [-0.1, -0.05) is 13.8 Å². The van der Waals surface area contributed by atoms with E-state index in [-0.39, 0.29) is 35.6 Å². The van der Waals surface area contributed by atoms with Gasteiger partial charge in [-0.25, -0.2) is 0 Å². The summed E-state index contributed by atoms with van der Waals surface area (Å²) in [6.07, 6.45) is 0.805. The Labute approximate surface area is 125 Å². The van der Waals surface area contributed by atoms with Crippen molar-refractivity contribution >= 4 is 5.91 Å². The van der Waals surface area contributed by atoms with Gasteiger partial charge in [0.05, 0.1) is 6.10 Å². The Hall–Kier alpha value is -0.690. The molecule has 2 N–H and O–H groups in total. The van der Waals surface area contributed by atoms with Gasteiger partial charge in [0.2, 0.25) is 5.91 Å². The van der Waals surface area contributed by atoms with Crippen molar-refractivity contribution in [2.45, 2.75) is 44.1 Å². The fourth-order valence-electron chi connectivity index (χ4n) is 4.44. The van der Waals surface area contributed by atoms with Crippen LogP contribution >= 0.6 is 0 Å². The van der Waals surface area contributed by atoms with E-state index in [1.54, 1.807) is 19.1 Å². The molecule has 2 aliphatic heterocycles. The zero-order chi connectivity index (χ0) is 15.4. The fraction of sp³-hybridized carbons (Fsp3) is 0.933. The molecule has 1 amide bonds. The molecule has 5 unspecified atom stereocenters. The number of ether oxygens (including phenoxy) is 3.